The normalized spacial score (nSPS) is 16.4. The first kappa shape index (κ1) is 15.4. The zero-order valence-electron chi connectivity index (χ0n) is 12.7. The Morgan fingerprint density at radius 2 is 1.96 bits per heavy atom. The van der Waals surface area contributed by atoms with Crippen LogP contribution in [0.3, 0.4) is 0 Å². The summed E-state index contributed by atoms with van der Waals surface area (Å²) < 4.78 is 11.7. The van der Waals surface area contributed by atoms with Gasteiger partial charge in [0, 0.05) is 37.9 Å². The van der Waals surface area contributed by atoms with E-state index in [1.165, 1.54) is 4.85 Å². The molecule has 0 aliphatic carbocycles. The first-order valence-electron chi connectivity index (χ1n) is 7.51. The third kappa shape index (κ3) is 3.07. The van der Waals surface area contributed by atoms with E-state index in [4.69, 9.17) is 14.3 Å². The lowest BCUT2D eigenvalue weighted by atomic mass is 10.2. The fourth-order valence-electron chi connectivity index (χ4n) is 2.70. The minimum atomic E-state index is -0.389. The minimum Gasteiger partial charge on any atom is -0.454 e. The molecule has 0 radical (unpaired) electrons. The molecule has 24 heavy (non-hydrogen) atoms. The van der Waals surface area contributed by atoms with Gasteiger partial charge in [-0.15, -0.1) is 5.10 Å². The fraction of sp³-hybridized carbons (Fsp3) is 0.333. The number of halogens is 1. The number of rotatable bonds is 2. The zero-order chi connectivity index (χ0) is 16.5. The van der Waals surface area contributed by atoms with Crippen LogP contribution in [0.1, 0.15) is 0 Å². The van der Waals surface area contributed by atoms with Gasteiger partial charge in [-0.2, -0.15) is 0 Å². The number of carbonyl (C=O) groups is 1. The van der Waals surface area contributed by atoms with Crippen LogP contribution >= 0.6 is 22.6 Å². The van der Waals surface area contributed by atoms with Crippen LogP contribution in [0.2, 0.25) is 0 Å². The van der Waals surface area contributed by atoms with Crippen LogP contribution in [0.4, 0.5) is 10.5 Å². The van der Waals surface area contributed by atoms with E-state index in [9.17, 15) is 4.79 Å². The van der Waals surface area contributed by atoms with E-state index in [1.807, 2.05) is 18.2 Å². The Balaban J connectivity index is 1.35. The molecule has 1 aromatic heterocycles. The largest absolute Gasteiger partial charge is 0.454 e. The fourth-order valence-corrected chi connectivity index (χ4v) is 3.06. The third-order valence-electron chi connectivity index (χ3n) is 3.96. The molecule has 0 bridgehead atoms. The van der Waals surface area contributed by atoms with Crippen molar-refractivity contribution >= 4 is 34.4 Å². The molecule has 0 atom stereocenters. The number of piperazine rings is 1. The summed E-state index contributed by atoms with van der Waals surface area (Å²) in [5.41, 5.74) is 1.06. The number of anilines is 1. The molecule has 1 aromatic carbocycles. The van der Waals surface area contributed by atoms with Gasteiger partial charge in [0.2, 0.25) is 6.79 Å². The van der Waals surface area contributed by atoms with Gasteiger partial charge in [-0.25, -0.2) is 4.79 Å². The second-order valence-electron chi connectivity index (χ2n) is 5.43. The highest BCUT2D eigenvalue weighted by molar-refractivity contribution is 14.1. The molecule has 2 aromatic rings. The number of nitrogens with zero attached hydrogens (tertiary/aromatic N) is 4. The maximum absolute atomic E-state index is 12.2. The highest BCUT2D eigenvalue weighted by Gasteiger charge is 2.24. The van der Waals surface area contributed by atoms with Crippen molar-refractivity contribution in [3.8, 4) is 11.5 Å². The van der Waals surface area contributed by atoms with Gasteiger partial charge in [-0.1, -0.05) is 4.85 Å². The molecule has 9 heteroatoms. The van der Waals surface area contributed by atoms with Crippen LogP contribution in [0.5, 0.6) is 11.5 Å². The Morgan fingerprint density at radius 1 is 1.17 bits per heavy atom. The predicted molar refractivity (Wildman–Crippen MR) is 93.3 cm³/mol. The average Bonchev–Trinajstić information content (AvgIpc) is 3.23. The summed E-state index contributed by atoms with van der Waals surface area (Å²) in [6.45, 7) is 2.90. The number of benzene rings is 1. The Morgan fingerprint density at radius 3 is 2.71 bits per heavy atom. The lowest BCUT2D eigenvalue weighted by molar-refractivity contribution is 0.0769. The molecule has 2 aliphatic rings. The topological polar surface area (TPSA) is 69.1 Å². The zero-order valence-corrected chi connectivity index (χ0v) is 14.9. The lowest BCUT2D eigenvalue weighted by Gasteiger charge is -2.35. The molecule has 4 rings (SSSR count). The summed E-state index contributed by atoms with van der Waals surface area (Å²) >= 11 is 2.11. The average molecular weight is 442 g/mol. The molecule has 126 valence electrons. The van der Waals surface area contributed by atoms with E-state index in [-0.39, 0.29) is 12.9 Å². The van der Waals surface area contributed by atoms with Crippen LogP contribution in [-0.4, -0.2) is 53.9 Å². The van der Waals surface area contributed by atoms with Gasteiger partial charge >= 0.3 is 6.09 Å². The second kappa shape index (κ2) is 6.38. The molecular formula is C15H15IN4O4. The van der Waals surface area contributed by atoms with Crippen molar-refractivity contribution in [2.75, 3.05) is 37.9 Å². The van der Waals surface area contributed by atoms with Crippen molar-refractivity contribution in [3.05, 3.63) is 34.2 Å². The first-order chi connectivity index (χ1) is 11.7. The SMILES string of the molecule is O=C(On1cc(I)cn1)N1CCN(c2ccc3c(c2)OCO3)CC1. The van der Waals surface area contributed by atoms with Gasteiger partial charge in [0.05, 0.1) is 16.0 Å². The standard InChI is InChI=1S/C15H15IN4O4/c16-11-8-17-20(9-11)24-15(21)19-5-3-18(4-6-19)12-1-2-13-14(7-12)23-10-22-13/h1-2,7-9H,3-6,10H2. The molecule has 1 saturated heterocycles. The molecule has 0 unspecified atom stereocenters. The first-order valence-corrected chi connectivity index (χ1v) is 8.59. The van der Waals surface area contributed by atoms with Crippen molar-refractivity contribution in [1.82, 2.24) is 14.8 Å². The van der Waals surface area contributed by atoms with E-state index in [0.717, 1.165) is 33.8 Å². The number of hydrogen-bond donors (Lipinski definition) is 0. The van der Waals surface area contributed by atoms with Gasteiger partial charge in [-0.3, -0.25) is 4.84 Å². The highest BCUT2D eigenvalue weighted by atomic mass is 127. The maximum atomic E-state index is 12.2. The Bertz CT molecular complexity index is 758. The molecule has 3 heterocycles. The van der Waals surface area contributed by atoms with Crippen molar-refractivity contribution in [3.63, 3.8) is 0 Å². The van der Waals surface area contributed by atoms with Crippen LogP contribution in [-0.2, 0) is 0 Å². The number of aromatic nitrogens is 2. The Hall–Kier alpha value is -2.17. The highest BCUT2D eigenvalue weighted by Crippen LogP contribution is 2.35. The smallest absolute Gasteiger partial charge is 0.436 e. The van der Waals surface area contributed by atoms with Crippen molar-refractivity contribution in [2.45, 2.75) is 0 Å². The molecule has 0 saturated carbocycles. The van der Waals surface area contributed by atoms with Crippen LogP contribution < -0.4 is 19.2 Å². The van der Waals surface area contributed by atoms with Crippen LogP contribution in [0.15, 0.2) is 30.6 Å². The van der Waals surface area contributed by atoms with Crippen LogP contribution in [0.25, 0.3) is 0 Å². The molecule has 0 N–H and O–H groups in total. The second-order valence-corrected chi connectivity index (χ2v) is 6.68. The maximum Gasteiger partial charge on any atom is 0.436 e. The van der Waals surface area contributed by atoms with Crippen molar-refractivity contribution in [1.29, 1.82) is 0 Å². The van der Waals surface area contributed by atoms with Crippen LogP contribution in [0, 0.1) is 3.57 Å². The number of hydrogen-bond acceptors (Lipinski definition) is 6. The Labute approximate surface area is 152 Å². The molecule has 8 nitrogen and oxygen atoms in total. The summed E-state index contributed by atoms with van der Waals surface area (Å²) in [7, 11) is 0. The Kier molecular flexibility index (Phi) is 4.08. The van der Waals surface area contributed by atoms with Gasteiger partial charge < -0.3 is 19.3 Å². The number of carbonyl (C=O) groups excluding carboxylic acids is 1. The van der Waals surface area contributed by atoms with Gasteiger partial charge in [-0.05, 0) is 34.7 Å². The van der Waals surface area contributed by atoms with Crippen molar-refractivity contribution < 1.29 is 19.1 Å². The van der Waals surface area contributed by atoms with Gasteiger partial charge in [0.25, 0.3) is 0 Å². The summed E-state index contributed by atoms with van der Waals surface area (Å²) in [6.07, 6.45) is 2.90. The van der Waals surface area contributed by atoms with E-state index < -0.39 is 0 Å². The molecule has 1 amide bonds. The molecule has 0 spiro atoms. The monoisotopic (exact) mass is 442 g/mol. The van der Waals surface area contributed by atoms with E-state index >= 15 is 0 Å². The molecule has 1 fully saturated rings. The number of ether oxygens (including phenoxy) is 2. The predicted octanol–water partition coefficient (Wildman–Crippen LogP) is 1.59. The summed E-state index contributed by atoms with van der Waals surface area (Å²) in [5.74, 6) is 1.54. The quantitative estimate of drug-likeness (QED) is 0.659. The van der Waals surface area contributed by atoms with E-state index in [0.29, 0.717) is 13.1 Å². The summed E-state index contributed by atoms with van der Waals surface area (Å²) in [5, 5.41) is 3.95. The number of fused-ring (bicyclic) bond motifs is 1. The number of amides is 1. The molecular weight excluding hydrogens is 427 g/mol. The van der Waals surface area contributed by atoms with Gasteiger partial charge in [0.1, 0.15) is 0 Å². The lowest BCUT2D eigenvalue weighted by Crippen LogP contribution is -2.50. The van der Waals surface area contributed by atoms with E-state index in [1.54, 1.807) is 17.3 Å². The summed E-state index contributed by atoms with van der Waals surface area (Å²) in [4.78, 5) is 22.4. The van der Waals surface area contributed by atoms with Gasteiger partial charge in [0.15, 0.2) is 11.5 Å². The third-order valence-corrected chi connectivity index (χ3v) is 4.52. The summed E-state index contributed by atoms with van der Waals surface area (Å²) in [6, 6.07) is 5.90. The molecule has 2 aliphatic heterocycles. The van der Waals surface area contributed by atoms with E-state index in [2.05, 4.69) is 32.6 Å². The van der Waals surface area contributed by atoms with Crippen molar-refractivity contribution in [2.24, 2.45) is 0 Å². The minimum absolute atomic E-state index is 0.269.